The maximum atomic E-state index is 12.2. The fourth-order valence-corrected chi connectivity index (χ4v) is 4.06. The monoisotopic (exact) mass is 458 g/mol. The Morgan fingerprint density at radius 2 is 1.90 bits per heavy atom. The summed E-state index contributed by atoms with van der Waals surface area (Å²) >= 11 is 7.97. The van der Waals surface area contributed by atoms with Gasteiger partial charge in [-0.05, 0) is 35.7 Å². The van der Waals surface area contributed by atoms with E-state index in [0.29, 0.717) is 42.0 Å². The first-order valence-electron chi connectivity index (χ1n) is 10.2. The van der Waals surface area contributed by atoms with E-state index in [1.807, 2.05) is 53.1 Å². The Kier molecular flexibility index (Phi) is 8.51. The molecule has 1 heterocycles. The third-order valence-corrected chi connectivity index (χ3v) is 5.97. The molecule has 0 aliphatic heterocycles. The summed E-state index contributed by atoms with van der Waals surface area (Å²) in [6, 6.07) is 15.3. The first kappa shape index (κ1) is 23.3. The van der Waals surface area contributed by atoms with E-state index < -0.39 is 0 Å². The number of amides is 1. The molecule has 0 spiro atoms. The van der Waals surface area contributed by atoms with E-state index in [1.165, 1.54) is 0 Å². The lowest BCUT2D eigenvalue weighted by atomic mass is 10.1. The van der Waals surface area contributed by atoms with Crippen molar-refractivity contribution in [2.75, 3.05) is 20.3 Å². The molecule has 0 unspecified atom stereocenters. The SMILES string of the molecule is COCCn1c(SCc2ccc(C(=O)NCC(C)C)cc2)nnc1-c1ccccc1Cl. The molecular formula is C23H27ClN4O2S. The zero-order valence-corrected chi connectivity index (χ0v) is 19.5. The van der Waals surface area contributed by atoms with Gasteiger partial charge in [-0.3, -0.25) is 9.36 Å². The van der Waals surface area contributed by atoms with Crippen LogP contribution in [0.2, 0.25) is 5.02 Å². The molecule has 6 nitrogen and oxygen atoms in total. The van der Waals surface area contributed by atoms with E-state index in [9.17, 15) is 4.79 Å². The van der Waals surface area contributed by atoms with Gasteiger partial charge in [0.15, 0.2) is 11.0 Å². The fraction of sp³-hybridized carbons (Fsp3) is 0.348. The molecule has 2 aromatic carbocycles. The number of carbonyl (C=O) groups excluding carboxylic acids is 1. The number of ether oxygens (including phenoxy) is 1. The van der Waals surface area contributed by atoms with Gasteiger partial charge in [-0.1, -0.05) is 61.5 Å². The van der Waals surface area contributed by atoms with Crippen LogP contribution in [-0.2, 0) is 17.0 Å². The number of carbonyl (C=O) groups is 1. The van der Waals surface area contributed by atoms with Crippen LogP contribution in [0.1, 0.15) is 29.8 Å². The van der Waals surface area contributed by atoms with Gasteiger partial charge in [0, 0.05) is 30.5 Å². The molecule has 0 aliphatic carbocycles. The number of benzene rings is 2. The molecule has 0 fully saturated rings. The van der Waals surface area contributed by atoms with E-state index in [0.717, 1.165) is 22.1 Å². The van der Waals surface area contributed by atoms with E-state index in [4.69, 9.17) is 16.3 Å². The molecule has 8 heteroatoms. The van der Waals surface area contributed by atoms with Gasteiger partial charge in [-0.25, -0.2) is 0 Å². The van der Waals surface area contributed by atoms with Gasteiger partial charge in [0.2, 0.25) is 0 Å². The highest BCUT2D eigenvalue weighted by molar-refractivity contribution is 7.98. The van der Waals surface area contributed by atoms with Crippen molar-refractivity contribution >= 4 is 29.3 Å². The minimum absolute atomic E-state index is 0.0448. The summed E-state index contributed by atoms with van der Waals surface area (Å²) in [5, 5.41) is 13.1. The number of nitrogens with one attached hydrogen (secondary N) is 1. The normalized spacial score (nSPS) is 11.1. The number of aromatic nitrogens is 3. The Bertz CT molecular complexity index is 1010. The molecule has 0 atom stereocenters. The van der Waals surface area contributed by atoms with Crippen LogP contribution in [0.4, 0.5) is 0 Å². The predicted molar refractivity (Wildman–Crippen MR) is 126 cm³/mol. The van der Waals surface area contributed by atoms with E-state index in [1.54, 1.807) is 18.9 Å². The molecule has 164 valence electrons. The van der Waals surface area contributed by atoms with Crippen LogP contribution in [0, 0.1) is 5.92 Å². The van der Waals surface area contributed by atoms with E-state index >= 15 is 0 Å². The van der Waals surface area contributed by atoms with Crippen molar-refractivity contribution in [3.8, 4) is 11.4 Å². The molecule has 0 saturated carbocycles. The molecule has 3 aromatic rings. The Labute approximate surface area is 192 Å². The highest BCUT2D eigenvalue weighted by Gasteiger charge is 2.16. The Hall–Kier alpha value is -2.35. The number of rotatable bonds is 10. The third kappa shape index (κ3) is 6.32. The Morgan fingerprint density at radius 1 is 1.16 bits per heavy atom. The summed E-state index contributed by atoms with van der Waals surface area (Å²) in [6.07, 6.45) is 0. The Morgan fingerprint density at radius 3 is 2.58 bits per heavy atom. The molecule has 31 heavy (non-hydrogen) atoms. The van der Waals surface area contributed by atoms with E-state index in [2.05, 4.69) is 29.4 Å². The minimum Gasteiger partial charge on any atom is -0.383 e. The van der Waals surface area contributed by atoms with Gasteiger partial charge in [0.25, 0.3) is 5.91 Å². The van der Waals surface area contributed by atoms with E-state index in [-0.39, 0.29) is 5.91 Å². The number of hydrogen-bond donors (Lipinski definition) is 1. The van der Waals surface area contributed by atoms with Gasteiger partial charge in [-0.2, -0.15) is 0 Å². The molecule has 0 aliphatic rings. The maximum Gasteiger partial charge on any atom is 0.251 e. The summed E-state index contributed by atoms with van der Waals surface area (Å²) in [5.41, 5.74) is 2.61. The van der Waals surface area contributed by atoms with Gasteiger partial charge in [0.1, 0.15) is 0 Å². The van der Waals surface area contributed by atoms with Crippen molar-refractivity contribution in [1.82, 2.24) is 20.1 Å². The second-order valence-electron chi connectivity index (χ2n) is 7.52. The molecular weight excluding hydrogens is 432 g/mol. The topological polar surface area (TPSA) is 69.0 Å². The van der Waals surface area contributed by atoms with Crippen LogP contribution in [0.5, 0.6) is 0 Å². The molecule has 0 saturated heterocycles. The fourth-order valence-electron chi connectivity index (χ4n) is 2.92. The van der Waals surface area contributed by atoms with Crippen LogP contribution in [-0.4, -0.2) is 40.9 Å². The highest BCUT2D eigenvalue weighted by atomic mass is 35.5. The predicted octanol–water partition coefficient (Wildman–Crippen LogP) is 4.92. The lowest BCUT2D eigenvalue weighted by Crippen LogP contribution is -2.27. The summed E-state index contributed by atoms with van der Waals surface area (Å²) in [6.45, 7) is 5.98. The second kappa shape index (κ2) is 11.3. The number of halogens is 1. The van der Waals surface area contributed by atoms with Crippen molar-refractivity contribution < 1.29 is 9.53 Å². The number of hydrogen-bond acceptors (Lipinski definition) is 5. The summed E-state index contributed by atoms with van der Waals surface area (Å²) in [4.78, 5) is 12.2. The van der Waals surface area contributed by atoms with Crippen LogP contribution < -0.4 is 5.32 Å². The Balaban J connectivity index is 1.71. The van der Waals surface area contributed by atoms with Crippen molar-refractivity contribution in [3.05, 3.63) is 64.7 Å². The minimum atomic E-state index is -0.0448. The standard InChI is InChI=1S/C23H27ClN4O2S/c1-16(2)14-25-22(29)18-10-8-17(9-11-18)15-31-23-27-26-21(28(23)12-13-30-3)19-6-4-5-7-20(19)24/h4-11,16H,12-15H2,1-3H3,(H,25,29). The van der Waals surface area contributed by atoms with Crippen LogP contribution >= 0.6 is 23.4 Å². The highest BCUT2D eigenvalue weighted by Crippen LogP contribution is 2.30. The molecule has 3 rings (SSSR count). The van der Waals surface area contributed by atoms with Crippen molar-refractivity contribution in [1.29, 1.82) is 0 Å². The van der Waals surface area contributed by atoms with Crippen molar-refractivity contribution in [2.45, 2.75) is 31.3 Å². The first-order chi connectivity index (χ1) is 15.0. The average Bonchev–Trinajstić information content (AvgIpc) is 3.17. The van der Waals surface area contributed by atoms with Crippen molar-refractivity contribution in [3.63, 3.8) is 0 Å². The number of methoxy groups -OCH3 is 1. The quantitative estimate of drug-likeness (QED) is 0.436. The van der Waals surface area contributed by atoms with Gasteiger partial charge < -0.3 is 10.1 Å². The third-order valence-electron chi connectivity index (χ3n) is 4.61. The molecule has 1 N–H and O–H groups in total. The first-order valence-corrected chi connectivity index (χ1v) is 11.5. The smallest absolute Gasteiger partial charge is 0.251 e. The number of nitrogens with zero attached hydrogens (tertiary/aromatic N) is 3. The zero-order chi connectivity index (χ0) is 22.2. The van der Waals surface area contributed by atoms with Crippen molar-refractivity contribution in [2.24, 2.45) is 5.92 Å². The lowest BCUT2D eigenvalue weighted by Gasteiger charge is -2.11. The second-order valence-corrected chi connectivity index (χ2v) is 8.87. The van der Waals surface area contributed by atoms with Gasteiger partial charge >= 0.3 is 0 Å². The lowest BCUT2D eigenvalue weighted by molar-refractivity contribution is 0.0949. The summed E-state index contributed by atoms with van der Waals surface area (Å²) < 4.78 is 7.30. The average molecular weight is 459 g/mol. The molecule has 0 bridgehead atoms. The van der Waals surface area contributed by atoms with Crippen LogP contribution in [0.3, 0.4) is 0 Å². The molecule has 0 radical (unpaired) electrons. The molecule has 1 aromatic heterocycles. The summed E-state index contributed by atoms with van der Waals surface area (Å²) in [5.74, 6) is 1.81. The van der Waals surface area contributed by atoms with Gasteiger partial charge in [-0.15, -0.1) is 10.2 Å². The van der Waals surface area contributed by atoms with Gasteiger partial charge in [0.05, 0.1) is 18.2 Å². The number of thioether (sulfide) groups is 1. The zero-order valence-electron chi connectivity index (χ0n) is 18.0. The van der Waals surface area contributed by atoms with Crippen LogP contribution in [0.15, 0.2) is 53.7 Å². The summed E-state index contributed by atoms with van der Waals surface area (Å²) in [7, 11) is 1.67. The molecule has 1 amide bonds. The van der Waals surface area contributed by atoms with Crippen LogP contribution in [0.25, 0.3) is 11.4 Å². The largest absolute Gasteiger partial charge is 0.383 e. The maximum absolute atomic E-state index is 12.2.